The molecule has 4 aliphatic rings. The highest BCUT2D eigenvalue weighted by atomic mass is 16.7. The van der Waals surface area contributed by atoms with Crippen LogP contribution in [0.25, 0.3) is 0 Å². The number of phenols is 2. The maximum Gasteiger partial charge on any atom is 0.306 e. The molecule has 1 spiro atoms. The van der Waals surface area contributed by atoms with Crippen molar-refractivity contribution in [2.45, 2.75) is 169 Å². The van der Waals surface area contributed by atoms with Gasteiger partial charge in [0.05, 0.1) is 31.8 Å². The first-order chi connectivity index (χ1) is 27.8. The topological polar surface area (TPSA) is 130 Å². The number of ether oxygens (including phenoxy) is 6. The number of benzene rings is 2. The SMILES string of the molecule is Cc1cc(CCC(=O)OCC(C)(C)C2OCC3(CO2)COC(C(C)(C)COC(=O)CCc2cc(C)c(O)c(C4(C)CCCCC4)c2)OC3)cc(C2(C)CCCCC2)c1O. The molecular formula is C49H72O10. The van der Waals surface area contributed by atoms with Crippen LogP contribution in [0.2, 0.25) is 0 Å². The van der Waals surface area contributed by atoms with Gasteiger partial charge in [-0.2, -0.15) is 0 Å². The third-order valence-corrected chi connectivity index (χ3v) is 13.8. The summed E-state index contributed by atoms with van der Waals surface area (Å²) in [6.45, 7) is 18.0. The molecule has 0 amide bonds. The normalized spacial score (nSPS) is 24.7. The minimum Gasteiger partial charge on any atom is -0.507 e. The van der Waals surface area contributed by atoms with Gasteiger partial charge in [0.25, 0.3) is 0 Å². The van der Waals surface area contributed by atoms with Crippen molar-refractivity contribution in [2.24, 2.45) is 16.2 Å². The van der Waals surface area contributed by atoms with E-state index in [1.165, 1.54) is 38.5 Å². The molecule has 2 aromatic carbocycles. The first-order valence-electron chi connectivity index (χ1n) is 22.3. The molecule has 0 unspecified atom stereocenters. The monoisotopic (exact) mass is 821 g/mol. The van der Waals surface area contributed by atoms with Crippen LogP contribution in [0.4, 0.5) is 0 Å². The number of carbonyl (C=O) groups excluding carboxylic acids is 2. The Kier molecular flexibility index (Phi) is 14.2. The Bertz CT molecular complexity index is 1630. The van der Waals surface area contributed by atoms with Gasteiger partial charge in [0, 0.05) is 34.8 Å². The van der Waals surface area contributed by atoms with Gasteiger partial charge in [-0.25, -0.2) is 0 Å². The van der Waals surface area contributed by atoms with Crippen LogP contribution in [0.15, 0.2) is 24.3 Å². The lowest BCUT2D eigenvalue weighted by Crippen LogP contribution is -2.57. The summed E-state index contributed by atoms with van der Waals surface area (Å²) >= 11 is 0. The lowest BCUT2D eigenvalue weighted by Gasteiger charge is -2.48. The lowest BCUT2D eigenvalue weighted by molar-refractivity contribution is -0.337. The maximum atomic E-state index is 12.9. The van der Waals surface area contributed by atoms with Crippen LogP contribution in [0.3, 0.4) is 0 Å². The average Bonchev–Trinajstić information content (AvgIpc) is 3.21. The van der Waals surface area contributed by atoms with Gasteiger partial charge < -0.3 is 38.6 Å². The van der Waals surface area contributed by atoms with Gasteiger partial charge in [-0.1, -0.05) is 104 Å². The van der Waals surface area contributed by atoms with Crippen molar-refractivity contribution in [2.75, 3.05) is 39.6 Å². The second kappa shape index (κ2) is 18.4. The van der Waals surface area contributed by atoms with E-state index in [4.69, 9.17) is 28.4 Å². The Labute approximate surface area is 353 Å². The molecule has 4 fully saturated rings. The van der Waals surface area contributed by atoms with Crippen LogP contribution in [0.1, 0.15) is 152 Å². The third kappa shape index (κ3) is 10.8. The maximum absolute atomic E-state index is 12.9. The summed E-state index contributed by atoms with van der Waals surface area (Å²) < 4.78 is 36.5. The van der Waals surface area contributed by atoms with Gasteiger partial charge in [0.1, 0.15) is 24.7 Å². The molecule has 2 saturated carbocycles. The highest BCUT2D eigenvalue weighted by Crippen LogP contribution is 2.46. The van der Waals surface area contributed by atoms with Crippen LogP contribution < -0.4 is 0 Å². The van der Waals surface area contributed by atoms with Crippen LogP contribution in [-0.2, 0) is 61.7 Å². The van der Waals surface area contributed by atoms with E-state index in [0.717, 1.165) is 59.1 Å². The van der Waals surface area contributed by atoms with Gasteiger partial charge in [-0.05, 0) is 85.5 Å². The summed E-state index contributed by atoms with van der Waals surface area (Å²) in [6, 6.07) is 8.14. The second-order valence-electron chi connectivity index (χ2n) is 20.6. The fourth-order valence-corrected chi connectivity index (χ4v) is 9.68. The van der Waals surface area contributed by atoms with Crippen molar-refractivity contribution < 1.29 is 48.2 Å². The first kappa shape index (κ1) is 45.3. The molecule has 2 aliphatic heterocycles. The van der Waals surface area contributed by atoms with Gasteiger partial charge in [0.15, 0.2) is 12.6 Å². The second-order valence-corrected chi connectivity index (χ2v) is 20.6. The Morgan fingerprint density at radius 2 is 0.949 bits per heavy atom. The summed E-state index contributed by atoms with van der Waals surface area (Å²) in [5.41, 5.74) is 4.08. The zero-order valence-electron chi connectivity index (χ0n) is 37.3. The summed E-state index contributed by atoms with van der Waals surface area (Å²) in [4.78, 5) is 25.9. The van der Waals surface area contributed by atoms with Crippen molar-refractivity contribution in [1.82, 2.24) is 0 Å². The number of hydrogen-bond acceptors (Lipinski definition) is 10. The minimum atomic E-state index is -0.586. The molecule has 0 radical (unpaired) electrons. The molecule has 328 valence electrons. The van der Waals surface area contributed by atoms with Gasteiger partial charge in [0.2, 0.25) is 0 Å². The molecule has 2 aromatic rings. The minimum absolute atomic E-state index is 0.0361. The van der Waals surface area contributed by atoms with E-state index in [-0.39, 0.29) is 48.8 Å². The molecule has 2 heterocycles. The van der Waals surface area contributed by atoms with Crippen LogP contribution in [0.5, 0.6) is 11.5 Å². The summed E-state index contributed by atoms with van der Waals surface area (Å²) in [5.74, 6) is 0.215. The molecule has 0 aromatic heterocycles. The number of hydrogen-bond donors (Lipinski definition) is 2. The summed E-state index contributed by atoms with van der Waals surface area (Å²) in [5, 5.41) is 21.8. The molecular weight excluding hydrogens is 749 g/mol. The predicted molar refractivity (Wildman–Crippen MR) is 227 cm³/mol. The number of carbonyl (C=O) groups is 2. The molecule has 2 saturated heterocycles. The molecule has 10 heteroatoms. The smallest absolute Gasteiger partial charge is 0.306 e. The third-order valence-electron chi connectivity index (χ3n) is 13.8. The molecule has 6 rings (SSSR count). The van der Waals surface area contributed by atoms with E-state index >= 15 is 0 Å². The van der Waals surface area contributed by atoms with Crippen molar-refractivity contribution in [3.63, 3.8) is 0 Å². The standard InChI is InChI=1S/C49H72O10/c1-33-23-35(25-37(41(33)52)47(7)19-11-9-12-20-47)15-17-39(50)54-27-45(3,4)43-56-29-49(30-57-43)31-58-44(59-32-49)46(5,6)28-55-40(51)18-16-36-24-34(2)42(53)38(26-36)48(8)21-13-10-14-22-48/h23-26,43-44,52-53H,9-22,27-32H2,1-8H3. The van der Waals surface area contributed by atoms with E-state index in [1.54, 1.807) is 0 Å². The number of aryl methyl sites for hydroxylation is 4. The Morgan fingerprint density at radius 3 is 1.29 bits per heavy atom. The van der Waals surface area contributed by atoms with Crippen LogP contribution in [0, 0.1) is 30.1 Å². The van der Waals surface area contributed by atoms with Gasteiger partial charge >= 0.3 is 11.9 Å². The van der Waals surface area contributed by atoms with Crippen molar-refractivity contribution in [3.05, 3.63) is 57.6 Å². The number of phenolic OH excluding ortho intramolecular Hbond substituents is 2. The molecule has 0 atom stereocenters. The number of aromatic hydroxyl groups is 2. The van der Waals surface area contributed by atoms with E-state index in [2.05, 4.69) is 26.0 Å². The van der Waals surface area contributed by atoms with Gasteiger partial charge in [-0.15, -0.1) is 0 Å². The summed E-state index contributed by atoms with van der Waals surface area (Å²) in [7, 11) is 0. The molecule has 10 nitrogen and oxygen atoms in total. The average molecular weight is 821 g/mol. The Morgan fingerprint density at radius 1 is 0.610 bits per heavy atom. The van der Waals surface area contributed by atoms with Crippen molar-refractivity contribution in [3.8, 4) is 11.5 Å². The van der Waals surface area contributed by atoms with Crippen molar-refractivity contribution >= 4 is 11.9 Å². The molecule has 2 N–H and O–H groups in total. The Hall–Kier alpha value is -3.18. The summed E-state index contributed by atoms with van der Waals surface area (Å²) in [6.07, 6.45) is 11.9. The van der Waals surface area contributed by atoms with E-state index in [0.29, 0.717) is 50.8 Å². The molecule has 0 bridgehead atoms. The predicted octanol–water partition coefficient (Wildman–Crippen LogP) is 9.59. The largest absolute Gasteiger partial charge is 0.507 e. The van der Waals surface area contributed by atoms with Gasteiger partial charge in [-0.3, -0.25) is 9.59 Å². The van der Waals surface area contributed by atoms with E-state index in [9.17, 15) is 19.8 Å². The van der Waals surface area contributed by atoms with Crippen molar-refractivity contribution in [1.29, 1.82) is 0 Å². The quantitative estimate of drug-likeness (QED) is 0.178. The van der Waals surface area contributed by atoms with Crippen LogP contribution >= 0.6 is 0 Å². The van der Waals surface area contributed by atoms with Crippen LogP contribution in [-0.4, -0.2) is 74.4 Å². The first-order valence-corrected chi connectivity index (χ1v) is 22.3. The fourth-order valence-electron chi connectivity index (χ4n) is 9.68. The highest BCUT2D eigenvalue weighted by Gasteiger charge is 2.48. The van der Waals surface area contributed by atoms with E-state index < -0.39 is 28.8 Å². The Balaban J connectivity index is 0.910. The number of rotatable bonds is 14. The van der Waals surface area contributed by atoms with E-state index in [1.807, 2.05) is 53.7 Å². The zero-order chi connectivity index (χ0) is 42.6. The highest BCUT2D eigenvalue weighted by molar-refractivity contribution is 5.70. The molecule has 59 heavy (non-hydrogen) atoms. The lowest BCUT2D eigenvalue weighted by atomic mass is 9.70. The molecule has 2 aliphatic carbocycles. The fraction of sp³-hybridized carbons (Fsp3) is 0.714. The zero-order valence-corrected chi connectivity index (χ0v) is 37.3. The number of esters is 2.